The summed E-state index contributed by atoms with van der Waals surface area (Å²) in [6.07, 6.45) is 1.69. The van der Waals surface area contributed by atoms with Gasteiger partial charge in [0.15, 0.2) is 5.11 Å². The second-order valence-electron chi connectivity index (χ2n) is 3.42. The van der Waals surface area contributed by atoms with Gasteiger partial charge in [0.2, 0.25) is 0 Å². The Morgan fingerprint density at radius 2 is 2.06 bits per heavy atom. The number of halogens is 2. The first kappa shape index (κ1) is 13.3. The molecular weight excluding hydrogens is 334 g/mol. The van der Waals surface area contributed by atoms with Crippen molar-refractivity contribution < 1.29 is 0 Å². The number of benzene rings is 1. The number of hydrogen-bond donors (Lipinski definition) is 2. The van der Waals surface area contributed by atoms with Gasteiger partial charge in [0.1, 0.15) is 5.82 Å². The first-order valence-corrected chi connectivity index (χ1v) is 6.67. The predicted octanol–water partition coefficient (Wildman–Crippen LogP) is 4.31. The molecule has 0 unspecified atom stereocenters. The number of aromatic nitrogens is 1. The highest BCUT2D eigenvalue weighted by Gasteiger charge is 2.03. The van der Waals surface area contributed by atoms with E-state index in [4.69, 9.17) is 23.8 Å². The predicted molar refractivity (Wildman–Crippen MR) is 83.2 cm³/mol. The molecule has 0 saturated carbocycles. The highest BCUT2D eigenvalue weighted by molar-refractivity contribution is 9.10. The molecule has 2 N–H and O–H groups in total. The summed E-state index contributed by atoms with van der Waals surface area (Å²) in [6.45, 7) is 0. The molecule has 0 radical (unpaired) electrons. The van der Waals surface area contributed by atoms with Crippen LogP contribution in [0.3, 0.4) is 0 Å². The summed E-state index contributed by atoms with van der Waals surface area (Å²) in [5.41, 5.74) is 0.744. The third-order valence-corrected chi connectivity index (χ3v) is 3.10. The van der Waals surface area contributed by atoms with Gasteiger partial charge < -0.3 is 10.6 Å². The molecule has 2 rings (SSSR count). The van der Waals surface area contributed by atoms with Crippen LogP contribution < -0.4 is 10.6 Å². The van der Waals surface area contributed by atoms with Gasteiger partial charge in [-0.1, -0.05) is 33.6 Å². The van der Waals surface area contributed by atoms with E-state index >= 15 is 0 Å². The molecule has 0 amide bonds. The number of thiocarbonyl (C=S) groups is 1. The molecule has 6 heteroatoms. The summed E-state index contributed by atoms with van der Waals surface area (Å²) in [7, 11) is 0. The van der Waals surface area contributed by atoms with Gasteiger partial charge >= 0.3 is 0 Å². The summed E-state index contributed by atoms with van der Waals surface area (Å²) in [6, 6.07) is 11.1. The maximum absolute atomic E-state index is 6.08. The van der Waals surface area contributed by atoms with Crippen LogP contribution in [0, 0.1) is 0 Å². The van der Waals surface area contributed by atoms with Crippen LogP contribution in [-0.4, -0.2) is 10.1 Å². The summed E-state index contributed by atoms with van der Waals surface area (Å²) in [5, 5.41) is 7.02. The van der Waals surface area contributed by atoms with Crippen LogP contribution in [0.1, 0.15) is 0 Å². The SMILES string of the molecule is S=C(Nc1ccccn1)Nc1ccc(Br)cc1Cl. The maximum atomic E-state index is 6.08. The van der Waals surface area contributed by atoms with E-state index in [1.54, 1.807) is 12.3 Å². The Morgan fingerprint density at radius 1 is 1.22 bits per heavy atom. The second kappa shape index (κ2) is 6.13. The molecule has 0 saturated heterocycles. The summed E-state index contributed by atoms with van der Waals surface area (Å²) >= 11 is 14.6. The highest BCUT2D eigenvalue weighted by atomic mass is 79.9. The average molecular weight is 343 g/mol. The Morgan fingerprint density at radius 3 is 2.72 bits per heavy atom. The van der Waals surface area contributed by atoms with E-state index in [2.05, 4.69) is 31.5 Å². The monoisotopic (exact) mass is 341 g/mol. The van der Waals surface area contributed by atoms with E-state index in [0.717, 1.165) is 10.2 Å². The Labute approximate surface area is 124 Å². The van der Waals surface area contributed by atoms with Crippen molar-refractivity contribution >= 4 is 56.4 Å². The molecule has 1 heterocycles. The fourth-order valence-electron chi connectivity index (χ4n) is 1.30. The van der Waals surface area contributed by atoms with Crippen molar-refractivity contribution in [3.63, 3.8) is 0 Å². The summed E-state index contributed by atoms with van der Waals surface area (Å²) in [4.78, 5) is 4.12. The molecule has 0 fully saturated rings. The van der Waals surface area contributed by atoms with Crippen molar-refractivity contribution in [1.82, 2.24) is 4.98 Å². The van der Waals surface area contributed by atoms with Crippen molar-refractivity contribution in [2.45, 2.75) is 0 Å². The molecule has 1 aromatic carbocycles. The number of rotatable bonds is 2. The lowest BCUT2D eigenvalue weighted by Crippen LogP contribution is -2.19. The first-order chi connectivity index (χ1) is 8.65. The quantitative estimate of drug-likeness (QED) is 0.798. The van der Waals surface area contributed by atoms with Crippen LogP contribution >= 0.6 is 39.7 Å². The van der Waals surface area contributed by atoms with Crippen LogP contribution in [-0.2, 0) is 0 Å². The van der Waals surface area contributed by atoms with Crippen molar-refractivity contribution in [2.24, 2.45) is 0 Å². The molecule has 0 aliphatic rings. The molecular formula is C12H9BrClN3S. The van der Waals surface area contributed by atoms with E-state index in [1.807, 2.05) is 30.3 Å². The lowest BCUT2D eigenvalue weighted by molar-refractivity contribution is 1.32. The molecule has 0 bridgehead atoms. The third kappa shape index (κ3) is 3.66. The van der Waals surface area contributed by atoms with Crippen molar-refractivity contribution in [2.75, 3.05) is 10.6 Å². The van der Waals surface area contributed by atoms with E-state index in [1.165, 1.54) is 0 Å². The van der Waals surface area contributed by atoms with Gasteiger partial charge in [-0.3, -0.25) is 0 Å². The van der Waals surface area contributed by atoms with E-state index in [-0.39, 0.29) is 0 Å². The van der Waals surface area contributed by atoms with Gasteiger partial charge in [-0.2, -0.15) is 0 Å². The zero-order chi connectivity index (χ0) is 13.0. The molecule has 2 aromatic rings. The Hall–Kier alpha value is -1.17. The topological polar surface area (TPSA) is 37.0 Å². The first-order valence-electron chi connectivity index (χ1n) is 5.09. The summed E-state index contributed by atoms with van der Waals surface area (Å²) < 4.78 is 0.918. The van der Waals surface area contributed by atoms with E-state index in [9.17, 15) is 0 Å². The minimum atomic E-state index is 0.443. The van der Waals surface area contributed by atoms with Crippen LogP contribution in [0.5, 0.6) is 0 Å². The molecule has 92 valence electrons. The van der Waals surface area contributed by atoms with Gasteiger partial charge in [0, 0.05) is 10.7 Å². The molecule has 0 atom stereocenters. The number of pyridine rings is 1. The second-order valence-corrected chi connectivity index (χ2v) is 5.15. The minimum Gasteiger partial charge on any atom is -0.331 e. The van der Waals surface area contributed by atoms with Gasteiger partial charge in [-0.25, -0.2) is 4.98 Å². The Bertz CT molecular complexity index is 563. The lowest BCUT2D eigenvalue weighted by atomic mass is 10.3. The number of hydrogen-bond acceptors (Lipinski definition) is 2. The zero-order valence-corrected chi connectivity index (χ0v) is 12.3. The smallest absolute Gasteiger partial charge is 0.176 e. The van der Waals surface area contributed by atoms with Gasteiger partial charge in [0.05, 0.1) is 10.7 Å². The zero-order valence-electron chi connectivity index (χ0n) is 9.15. The molecule has 3 nitrogen and oxygen atoms in total. The van der Waals surface area contributed by atoms with Crippen molar-refractivity contribution in [3.05, 3.63) is 52.1 Å². The molecule has 18 heavy (non-hydrogen) atoms. The minimum absolute atomic E-state index is 0.443. The fraction of sp³-hybridized carbons (Fsp3) is 0. The summed E-state index contributed by atoms with van der Waals surface area (Å²) in [5.74, 6) is 0.684. The normalized spacial score (nSPS) is 9.89. The Kier molecular flexibility index (Phi) is 4.52. The lowest BCUT2D eigenvalue weighted by Gasteiger charge is -2.11. The van der Waals surface area contributed by atoms with Gasteiger partial charge in [0.25, 0.3) is 0 Å². The largest absolute Gasteiger partial charge is 0.331 e. The third-order valence-electron chi connectivity index (χ3n) is 2.09. The molecule has 0 aliphatic carbocycles. The number of nitrogens with one attached hydrogen (secondary N) is 2. The van der Waals surface area contributed by atoms with E-state index in [0.29, 0.717) is 16.0 Å². The van der Waals surface area contributed by atoms with Crippen LogP contribution in [0.2, 0.25) is 5.02 Å². The van der Waals surface area contributed by atoms with Crippen molar-refractivity contribution in [3.8, 4) is 0 Å². The van der Waals surface area contributed by atoms with Crippen LogP contribution in [0.25, 0.3) is 0 Å². The molecule has 0 aliphatic heterocycles. The highest BCUT2D eigenvalue weighted by Crippen LogP contribution is 2.25. The maximum Gasteiger partial charge on any atom is 0.176 e. The fourth-order valence-corrected chi connectivity index (χ4v) is 2.23. The van der Waals surface area contributed by atoms with Gasteiger partial charge in [-0.15, -0.1) is 0 Å². The van der Waals surface area contributed by atoms with Crippen LogP contribution in [0.15, 0.2) is 47.1 Å². The molecule has 1 aromatic heterocycles. The number of anilines is 2. The average Bonchev–Trinajstić information content (AvgIpc) is 2.34. The molecule has 0 spiro atoms. The van der Waals surface area contributed by atoms with Crippen LogP contribution in [0.4, 0.5) is 11.5 Å². The Balaban J connectivity index is 2.03. The van der Waals surface area contributed by atoms with Crippen molar-refractivity contribution in [1.29, 1.82) is 0 Å². The van der Waals surface area contributed by atoms with Gasteiger partial charge in [-0.05, 0) is 42.5 Å². The number of nitrogens with zero attached hydrogens (tertiary/aromatic N) is 1. The standard InChI is InChI=1S/C12H9BrClN3S/c13-8-4-5-10(9(14)7-8)16-12(18)17-11-3-1-2-6-15-11/h1-7H,(H2,15,16,17,18). The van der Waals surface area contributed by atoms with E-state index < -0.39 is 0 Å².